The van der Waals surface area contributed by atoms with Crippen molar-refractivity contribution in [3.8, 4) is 0 Å². The standard InChI is InChI=1S/C10H22N2O3S/c1-2-6-11(9-10-13)16(14,15)12-7-4-3-5-8-12/h13H,2-10H2,1H3. The molecule has 96 valence electrons. The summed E-state index contributed by atoms with van der Waals surface area (Å²) in [6, 6.07) is 0. The van der Waals surface area contributed by atoms with Crippen molar-refractivity contribution in [2.75, 3.05) is 32.8 Å². The van der Waals surface area contributed by atoms with E-state index < -0.39 is 10.2 Å². The Labute approximate surface area is 98.2 Å². The summed E-state index contributed by atoms with van der Waals surface area (Å²) in [6.45, 7) is 3.75. The zero-order chi connectivity index (χ0) is 12.0. The summed E-state index contributed by atoms with van der Waals surface area (Å²) in [4.78, 5) is 0. The Morgan fingerprint density at radius 3 is 2.31 bits per heavy atom. The van der Waals surface area contributed by atoms with Crippen LogP contribution in [0.1, 0.15) is 32.6 Å². The molecule has 0 spiro atoms. The van der Waals surface area contributed by atoms with Crippen LogP contribution in [0.4, 0.5) is 0 Å². The number of aliphatic hydroxyl groups excluding tert-OH is 1. The Balaban J connectivity index is 2.70. The summed E-state index contributed by atoms with van der Waals surface area (Å²) in [6.07, 6.45) is 3.77. The van der Waals surface area contributed by atoms with E-state index in [1.807, 2.05) is 6.92 Å². The van der Waals surface area contributed by atoms with Gasteiger partial charge in [0.1, 0.15) is 0 Å². The van der Waals surface area contributed by atoms with Gasteiger partial charge in [0, 0.05) is 26.2 Å². The predicted octanol–water partition coefficient (Wildman–Crippen LogP) is 0.421. The van der Waals surface area contributed by atoms with E-state index in [1.165, 1.54) is 4.31 Å². The van der Waals surface area contributed by atoms with Crippen molar-refractivity contribution in [2.45, 2.75) is 32.6 Å². The first-order valence-corrected chi connectivity index (χ1v) is 7.38. The predicted molar refractivity (Wildman–Crippen MR) is 63.3 cm³/mol. The molecule has 5 nitrogen and oxygen atoms in total. The minimum absolute atomic E-state index is 0.118. The van der Waals surface area contributed by atoms with E-state index in [2.05, 4.69) is 0 Å². The van der Waals surface area contributed by atoms with Crippen molar-refractivity contribution in [1.29, 1.82) is 0 Å². The molecule has 0 aromatic rings. The Morgan fingerprint density at radius 2 is 1.81 bits per heavy atom. The molecular weight excluding hydrogens is 228 g/mol. The number of nitrogens with zero attached hydrogens (tertiary/aromatic N) is 2. The fourth-order valence-corrected chi connectivity index (χ4v) is 3.73. The number of piperidine rings is 1. The molecule has 6 heteroatoms. The van der Waals surface area contributed by atoms with E-state index in [1.54, 1.807) is 4.31 Å². The number of hydrogen-bond donors (Lipinski definition) is 1. The van der Waals surface area contributed by atoms with Crippen molar-refractivity contribution >= 4 is 10.2 Å². The Bertz CT molecular complexity index is 280. The van der Waals surface area contributed by atoms with Gasteiger partial charge >= 0.3 is 0 Å². The first-order valence-electron chi connectivity index (χ1n) is 5.99. The van der Waals surface area contributed by atoms with Gasteiger partial charge in [0.2, 0.25) is 0 Å². The molecule has 1 heterocycles. The first kappa shape index (κ1) is 13.9. The highest BCUT2D eigenvalue weighted by Gasteiger charge is 2.29. The van der Waals surface area contributed by atoms with Crippen LogP contribution in [0.15, 0.2) is 0 Å². The number of hydrogen-bond acceptors (Lipinski definition) is 3. The normalized spacial score (nSPS) is 19.2. The van der Waals surface area contributed by atoms with Crippen molar-refractivity contribution in [2.24, 2.45) is 0 Å². The average molecular weight is 250 g/mol. The van der Waals surface area contributed by atoms with Gasteiger partial charge in [-0.25, -0.2) is 0 Å². The van der Waals surface area contributed by atoms with Crippen LogP contribution in [-0.4, -0.2) is 54.9 Å². The molecule has 0 radical (unpaired) electrons. The zero-order valence-electron chi connectivity index (χ0n) is 9.93. The lowest BCUT2D eigenvalue weighted by atomic mass is 10.2. The third-order valence-corrected chi connectivity index (χ3v) is 4.83. The molecular formula is C10H22N2O3S. The lowest BCUT2D eigenvalue weighted by Crippen LogP contribution is -2.47. The molecule has 0 aromatic heterocycles. The lowest BCUT2D eigenvalue weighted by Gasteiger charge is -2.31. The van der Waals surface area contributed by atoms with Gasteiger partial charge < -0.3 is 5.11 Å². The van der Waals surface area contributed by atoms with Gasteiger partial charge in [0.25, 0.3) is 10.2 Å². The van der Waals surface area contributed by atoms with Crippen molar-refractivity contribution < 1.29 is 13.5 Å². The molecule has 1 rings (SSSR count). The lowest BCUT2D eigenvalue weighted by molar-refractivity contribution is 0.238. The third kappa shape index (κ3) is 3.41. The van der Waals surface area contributed by atoms with E-state index >= 15 is 0 Å². The average Bonchev–Trinajstić information content (AvgIpc) is 2.30. The molecule has 1 fully saturated rings. The van der Waals surface area contributed by atoms with Gasteiger partial charge in [-0.1, -0.05) is 13.3 Å². The maximum atomic E-state index is 12.2. The van der Waals surface area contributed by atoms with E-state index in [0.717, 1.165) is 25.7 Å². The van der Waals surface area contributed by atoms with Gasteiger partial charge in [0.15, 0.2) is 0 Å². The molecule has 1 saturated heterocycles. The highest BCUT2D eigenvalue weighted by atomic mass is 32.2. The molecule has 0 saturated carbocycles. The van der Waals surface area contributed by atoms with Crippen LogP contribution in [0.2, 0.25) is 0 Å². The summed E-state index contributed by atoms with van der Waals surface area (Å²) in [7, 11) is -3.34. The number of aliphatic hydroxyl groups is 1. The highest BCUT2D eigenvalue weighted by molar-refractivity contribution is 7.86. The van der Waals surface area contributed by atoms with Gasteiger partial charge in [-0.3, -0.25) is 0 Å². The second-order valence-corrected chi connectivity index (χ2v) is 6.02. The van der Waals surface area contributed by atoms with Crippen molar-refractivity contribution in [3.63, 3.8) is 0 Å². The SMILES string of the molecule is CCCN(CCO)S(=O)(=O)N1CCCCC1. The second-order valence-electron chi connectivity index (χ2n) is 4.09. The van der Waals surface area contributed by atoms with Gasteiger partial charge in [0.05, 0.1) is 6.61 Å². The summed E-state index contributed by atoms with van der Waals surface area (Å²) in [5.41, 5.74) is 0. The van der Waals surface area contributed by atoms with Crippen LogP contribution < -0.4 is 0 Å². The van der Waals surface area contributed by atoms with Crippen molar-refractivity contribution in [1.82, 2.24) is 8.61 Å². The molecule has 16 heavy (non-hydrogen) atoms. The Hall–Kier alpha value is -0.170. The van der Waals surface area contributed by atoms with Crippen molar-refractivity contribution in [3.05, 3.63) is 0 Å². The van der Waals surface area contributed by atoms with Crippen LogP contribution in [0.3, 0.4) is 0 Å². The minimum Gasteiger partial charge on any atom is -0.395 e. The zero-order valence-corrected chi connectivity index (χ0v) is 10.7. The second kappa shape index (κ2) is 6.54. The molecule has 0 unspecified atom stereocenters. The molecule has 0 aromatic carbocycles. The van der Waals surface area contributed by atoms with Gasteiger partial charge in [-0.15, -0.1) is 0 Å². The third-order valence-electron chi connectivity index (χ3n) is 2.79. The van der Waals surface area contributed by atoms with Gasteiger partial charge in [-0.05, 0) is 19.3 Å². The molecule has 0 atom stereocenters. The largest absolute Gasteiger partial charge is 0.395 e. The topological polar surface area (TPSA) is 60.9 Å². The van der Waals surface area contributed by atoms with E-state index in [9.17, 15) is 8.42 Å². The molecule has 1 N–H and O–H groups in total. The van der Waals surface area contributed by atoms with Crippen LogP contribution >= 0.6 is 0 Å². The fourth-order valence-electron chi connectivity index (χ4n) is 1.96. The maximum absolute atomic E-state index is 12.2. The first-order chi connectivity index (χ1) is 7.62. The van der Waals surface area contributed by atoms with Crippen LogP contribution in [0.25, 0.3) is 0 Å². The molecule has 1 aliphatic heterocycles. The Morgan fingerprint density at radius 1 is 1.19 bits per heavy atom. The van der Waals surface area contributed by atoms with Gasteiger partial charge in [-0.2, -0.15) is 17.0 Å². The highest BCUT2D eigenvalue weighted by Crippen LogP contribution is 2.16. The monoisotopic (exact) mass is 250 g/mol. The maximum Gasteiger partial charge on any atom is 0.282 e. The summed E-state index contributed by atoms with van der Waals surface area (Å²) < 4.78 is 27.3. The summed E-state index contributed by atoms with van der Waals surface area (Å²) in [5, 5.41) is 8.90. The van der Waals surface area contributed by atoms with Crippen LogP contribution in [0, 0.1) is 0 Å². The number of rotatable bonds is 6. The Kier molecular flexibility index (Phi) is 5.68. The molecule has 0 amide bonds. The molecule has 0 aliphatic carbocycles. The smallest absolute Gasteiger partial charge is 0.282 e. The quantitative estimate of drug-likeness (QED) is 0.743. The molecule has 1 aliphatic rings. The van der Waals surface area contributed by atoms with Crippen LogP contribution in [0.5, 0.6) is 0 Å². The van der Waals surface area contributed by atoms with E-state index in [-0.39, 0.29) is 13.2 Å². The fraction of sp³-hybridized carbons (Fsp3) is 1.00. The van der Waals surface area contributed by atoms with Crippen LogP contribution in [-0.2, 0) is 10.2 Å². The van der Waals surface area contributed by atoms with E-state index in [4.69, 9.17) is 5.11 Å². The summed E-state index contributed by atoms with van der Waals surface area (Å²) in [5.74, 6) is 0. The molecule has 0 bridgehead atoms. The van der Waals surface area contributed by atoms with E-state index in [0.29, 0.717) is 19.6 Å². The minimum atomic E-state index is -3.34. The summed E-state index contributed by atoms with van der Waals surface area (Å²) >= 11 is 0.